The lowest BCUT2D eigenvalue weighted by atomic mass is 10.3. The zero-order chi connectivity index (χ0) is 45.2. The van der Waals surface area contributed by atoms with Crippen LogP contribution in [0.2, 0.25) is 0 Å². The van der Waals surface area contributed by atoms with Gasteiger partial charge in [-0.15, -0.1) is 0 Å². The van der Waals surface area contributed by atoms with Gasteiger partial charge in [0.15, 0.2) is 0 Å². The van der Waals surface area contributed by atoms with Gasteiger partial charge in [-0.3, -0.25) is 9.59 Å². The maximum absolute atomic E-state index is 10.6. The van der Waals surface area contributed by atoms with Gasteiger partial charge in [0.1, 0.15) is 9.84 Å². The van der Waals surface area contributed by atoms with Crippen LogP contribution in [0.25, 0.3) is 0 Å². The fourth-order valence-electron chi connectivity index (χ4n) is 2.48. The molecule has 0 bridgehead atoms. The molecule has 2 amide bonds. The highest BCUT2D eigenvalue weighted by Gasteiger charge is 2.04. The number of likely N-dealkylation sites (N-methyl/N-ethyl adjacent to an activating group) is 1. The minimum absolute atomic E-state index is 0.0120. The molecule has 0 fully saturated rings. The fraction of sp³-hybridized carbons (Fsp3) is 0.939. The van der Waals surface area contributed by atoms with Crippen molar-refractivity contribution in [3.05, 3.63) is 0 Å². The van der Waals surface area contributed by atoms with Crippen molar-refractivity contribution in [2.24, 2.45) is 0 Å². The first-order chi connectivity index (χ1) is 26.1. The molecule has 346 valence electrons. The summed E-state index contributed by atoms with van der Waals surface area (Å²) in [6, 6.07) is 0. The van der Waals surface area contributed by atoms with Crippen LogP contribution in [0.4, 0.5) is 0 Å². The Hall–Kier alpha value is -1.61. The Balaban J connectivity index is -0.000000100. The number of sulfone groups is 1. The van der Waals surface area contributed by atoms with E-state index in [-0.39, 0.29) is 24.2 Å². The molecule has 0 aliphatic carbocycles. The third-order valence-corrected chi connectivity index (χ3v) is 8.56. The summed E-state index contributed by atoms with van der Waals surface area (Å²) in [6.45, 7) is 9.87. The van der Waals surface area contributed by atoms with Gasteiger partial charge in [-0.25, -0.2) is 34.7 Å². The summed E-state index contributed by atoms with van der Waals surface area (Å²) in [6.07, 6.45) is 6.86. The van der Waals surface area contributed by atoms with Gasteiger partial charge in [-0.2, -0.15) is 0 Å². The third kappa shape index (κ3) is 104. The predicted octanol–water partition coefficient (Wildman–Crippen LogP) is -0.783. The number of hydrogen-bond acceptors (Lipinski definition) is 16. The molecule has 0 aliphatic rings. The largest absolute Gasteiger partial charge is 0.385 e. The van der Waals surface area contributed by atoms with E-state index < -0.39 is 29.9 Å². The molecule has 0 radical (unpaired) electrons. The molecule has 0 aromatic rings. The number of nitrogens with one attached hydrogen (secondary N) is 6. The van der Waals surface area contributed by atoms with Crippen LogP contribution in [0.1, 0.15) is 46.0 Å². The van der Waals surface area contributed by atoms with E-state index >= 15 is 0 Å². The average molecular weight is 883 g/mol. The molecular weight excluding hydrogens is 801 g/mol. The number of carbonyl (C=O) groups is 2. The molecule has 0 atom stereocenters. The van der Waals surface area contributed by atoms with E-state index in [0.717, 1.165) is 58.2 Å². The van der Waals surface area contributed by atoms with E-state index in [1.165, 1.54) is 34.4 Å². The smallest absolute Gasteiger partial charge is 0.222 e. The normalized spacial score (nSPS) is 10.3. The highest BCUT2D eigenvalue weighted by Crippen LogP contribution is 1.96. The molecule has 0 aliphatic heterocycles. The summed E-state index contributed by atoms with van der Waals surface area (Å²) >= 11 is 0. The number of rotatable bonds is 25. The molecule has 0 unspecified atom stereocenters. The van der Waals surface area contributed by atoms with E-state index in [1.54, 1.807) is 35.5 Å². The van der Waals surface area contributed by atoms with Gasteiger partial charge in [-0.05, 0) is 40.5 Å². The lowest BCUT2D eigenvalue weighted by molar-refractivity contribution is -0.121. The Morgan fingerprint density at radius 3 is 1.36 bits per heavy atom. The van der Waals surface area contributed by atoms with Gasteiger partial charge in [0, 0.05) is 101 Å². The predicted molar refractivity (Wildman–Crippen MR) is 226 cm³/mol. The van der Waals surface area contributed by atoms with Gasteiger partial charge in [-0.1, -0.05) is 19.8 Å². The van der Waals surface area contributed by atoms with Crippen molar-refractivity contribution in [3.8, 4) is 0 Å². The molecule has 0 aromatic heterocycles. The quantitative estimate of drug-likeness (QED) is 0.0615. The first-order valence-electron chi connectivity index (χ1n) is 17.9. The molecular formula is C33H82N6O14S3. The number of amides is 2. The molecule has 0 rings (SSSR count). The molecule has 56 heavy (non-hydrogen) atoms. The summed E-state index contributed by atoms with van der Waals surface area (Å²) in [5.74, 6) is 0.384. The van der Waals surface area contributed by atoms with Crippen LogP contribution in [0.3, 0.4) is 0 Å². The van der Waals surface area contributed by atoms with Crippen LogP contribution in [-0.4, -0.2) is 198 Å². The highest BCUT2D eigenvalue weighted by molar-refractivity contribution is 7.90. The fourth-order valence-corrected chi connectivity index (χ4v) is 4.26. The Bertz CT molecular complexity index is 1060. The third-order valence-electron chi connectivity index (χ3n) is 5.48. The number of ether oxygens (including phenoxy) is 6. The first-order valence-corrected chi connectivity index (χ1v) is 23.5. The van der Waals surface area contributed by atoms with Crippen LogP contribution < -0.4 is 30.7 Å². The number of methoxy groups -OCH3 is 6. The van der Waals surface area contributed by atoms with Crippen LogP contribution in [-0.2, 0) is 67.9 Å². The second-order valence-corrected chi connectivity index (χ2v) is 17.1. The van der Waals surface area contributed by atoms with Crippen molar-refractivity contribution in [3.63, 3.8) is 0 Å². The Kier molecular flexibility index (Phi) is 68.4. The van der Waals surface area contributed by atoms with Gasteiger partial charge in [0.25, 0.3) is 0 Å². The summed E-state index contributed by atoms with van der Waals surface area (Å²) in [4.78, 5) is 20.5. The maximum Gasteiger partial charge on any atom is 0.222 e. The summed E-state index contributed by atoms with van der Waals surface area (Å²) in [7, 11) is 7.61. The second kappa shape index (κ2) is 55.5. The second-order valence-electron chi connectivity index (χ2n) is 11.0. The van der Waals surface area contributed by atoms with Crippen molar-refractivity contribution in [2.45, 2.75) is 46.0 Å². The van der Waals surface area contributed by atoms with Crippen molar-refractivity contribution >= 4 is 41.7 Å². The maximum atomic E-state index is 10.6. The number of hydrogen-bond donors (Lipinski definition) is 6. The molecule has 6 N–H and O–H groups in total. The first kappa shape index (κ1) is 69.0. The summed E-state index contributed by atoms with van der Waals surface area (Å²) in [5, 5.41) is 11.0. The monoisotopic (exact) mass is 883 g/mol. The Morgan fingerprint density at radius 1 is 0.554 bits per heavy atom. The lowest BCUT2D eigenvalue weighted by Crippen LogP contribution is -2.25. The van der Waals surface area contributed by atoms with Gasteiger partial charge < -0.3 is 49.7 Å². The number of sulfonamides is 2. The number of unbranched alkanes of at least 4 members (excludes halogenated alkanes) is 2. The zero-order valence-electron chi connectivity index (χ0n) is 37.0. The molecule has 0 heterocycles. The van der Waals surface area contributed by atoms with E-state index in [4.69, 9.17) is 9.47 Å². The van der Waals surface area contributed by atoms with Crippen LogP contribution in [0.15, 0.2) is 0 Å². The molecule has 20 nitrogen and oxygen atoms in total. The van der Waals surface area contributed by atoms with Crippen molar-refractivity contribution < 1.29 is 63.3 Å². The zero-order valence-corrected chi connectivity index (χ0v) is 39.4. The van der Waals surface area contributed by atoms with E-state index in [9.17, 15) is 34.8 Å². The van der Waals surface area contributed by atoms with Crippen molar-refractivity contribution in [2.75, 3.05) is 161 Å². The van der Waals surface area contributed by atoms with Crippen molar-refractivity contribution in [1.29, 1.82) is 0 Å². The molecule has 0 aromatic carbocycles. The molecule has 23 heteroatoms. The van der Waals surface area contributed by atoms with E-state index in [2.05, 4.69) is 56.6 Å². The lowest BCUT2D eigenvalue weighted by Gasteiger charge is -1.98. The van der Waals surface area contributed by atoms with Gasteiger partial charge >= 0.3 is 0 Å². The average Bonchev–Trinajstić information content (AvgIpc) is 3.13. The van der Waals surface area contributed by atoms with Gasteiger partial charge in [0.2, 0.25) is 31.9 Å². The van der Waals surface area contributed by atoms with Crippen LogP contribution >= 0.6 is 0 Å². The highest BCUT2D eigenvalue weighted by atomic mass is 32.2. The molecule has 0 spiro atoms. The summed E-state index contributed by atoms with van der Waals surface area (Å²) < 4.78 is 95.3. The standard InChI is InChI=1S/C6H14O2S.2C5H11NO2.C5H13NO.2C4H11NO3S.C4H11NO/c1-3-4-5-6-9(2,7)8;1-6-5(7)3-4-8-2;1-5(7)6-3-4-8-2;1-6-4-3-5-7-2;1-8-4-3-5-9(2,6)7;1-5-9(6,7)4-3-8-2;1-5-3-4-6-2/h3-6H2,1-2H3;2*3-4H2,1-2H3,(H,6,7);6H,3-5H2,1-2H3;2*5H,3-4H2,1-2H3;5H,3-4H2,1-2H3. The van der Waals surface area contributed by atoms with E-state index in [0.29, 0.717) is 45.1 Å². The Morgan fingerprint density at radius 2 is 1.02 bits per heavy atom. The Labute approximate surface area is 341 Å². The minimum Gasteiger partial charge on any atom is -0.385 e. The van der Waals surface area contributed by atoms with Crippen LogP contribution in [0, 0.1) is 0 Å². The topological polar surface area (TPSA) is 264 Å². The summed E-state index contributed by atoms with van der Waals surface area (Å²) in [5.41, 5.74) is 0. The SMILES string of the molecule is CCCCCS(C)(=O)=O.CNC(=O)CCOC.CNCCCOC.CNCCOC.CNS(=O)(=O)CCOC.COCCNC(C)=O.COCCNS(C)(=O)=O. The van der Waals surface area contributed by atoms with Crippen molar-refractivity contribution in [1.82, 2.24) is 30.7 Å². The minimum atomic E-state index is -3.06. The molecule has 0 saturated heterocycles. The van der Waals surface area contributed by atoms with E-state index in [1.807, 2.05) is 14.1 Å². The molecule has 0 saturated carbocycles. The number of carbonyl (C=O) groups excluding carboxylic acids is 2. The van der Waals surface area contributed by atoms with Crippen LogP contribution in [0.5, 0.6) is 0 Å². The van der Waals surface area contributed by atoms with Gasteiger partial charge in [0.05, 0.1) is 45.0 Å².